The van der Waals surface area contributed by atoms with Gasteiger partial charge in [0, 0.05) is 26.2 Å². The Bertz CT molecular complexity index is 747. The summed E-state index contributed by atoms with van der Waals surface area (Å²) in [6, 6.07) is 0. The second kappa shape index (κ2) is 9.40. The van der Waals surface area contributed by atoms with Crippen molar-refractivity contribution >= 4 is 70.1 Å². The molecule has 1 N–H and O–H groups in total. The van der Waals surface area contributed by atoms with E-state index in [0.29, 0.717) is 9.31 Å². The molecule has 0 aromatic heterocycles. The summed E-state index contributed by atoms with van der Waals surface area (Å²) in [5.74, 6) is -2.47. The van der Waals surface area contributed by atoms with Gasteiger partial charge in [-0.15, -0.1) is 0 Å². The number of hydrogen-bond donors (Lipinski definition) is 2. The average Bonchev–Trinajstić information content (AvgIpc) is 3.45. The molecule has 2 unspecified atom stereocenters. The van der Waals surface area contributed by atoms with E-state index in [1.54, 1.807) is 6.92 Å². The van der Waals surface area contributed by atoms with E-state index in [9.17, 15) is 14.7 Å². The van der Waals surface area contributed by atoms with Crippen LogP contribution in [0.5, 0.6) is 0 Å². The van der Waals surface area contributed by atoms with E-state index in [2.05, 4.69) is 12.6 Å². The highest BCUT2D eigenvalue weighted by atomic mass is 32.2. The van der Waals surface area contributed by atoms with Crippen LogP contribution in [-0.2, 0) is 19.1 Å². The summed E-state index contributed by atoms with van der Waals surface area (Å²) in [7, 11) is 0. The topological polar surface area (TPSA) is 79.3 Å². The number of thiocarbonyl (C=S) groups is 2. The van der Waals surface area contributed by atoms with Crippen LogP contribution in [0, 0.1) is 0 Å². The van der Waals surface area contributed by atoms with Crippen molar-refractivity contribution in [2.45, 2.75) is 43.5 Å². The minimum Gasteiger partial charge on any atom is -0.501 e. The Morgan fingerprint density at radius 3 is 2.34 bits per heavy atom. The van der Waals surface area contributed by atoms with Gasteiger partial charge in [-0.25, -0.2) is 9.59 Å². The van der Waals surface area contributed by atoms with E-state index in [4.69, 9.17) is 33.9 Å². The lowest BCUT2D eigenvalue weighted by Crippen LogP contribution is -2.55. The van der Waals surface area contributed by atoms with Gasteiger partial charge >= 0.3 is 11.9 Å². The summed E-state index contributed by atoms with van der Waals surface area (Å²) in [5, 5.41) is 9.51. The van der Waals surface area contributed by atoms with Crippen molar-refractivity contribution < 1.29 is 24.2 Å². The van der Waals surface area contributed by atoms with Crippen LogP contribution in [0.3, 0.4) is 0 Å². The van der Waals surface area contributed by atoms with Crippen LogP contribution >= 0.6 is 48.8 Å². The Balaban J connectivity index is 1.98. The molecule has 29 heavy (non-hydrogen) atoms. The van der Waals surface area contributed by atoms with Crippen molar-refractivity contribution in [2.75, 3.05) is 32.8 Å². The van der Waals surface area contributed by atoms with Crippen LogP contribution in [0.15, 0.2) is 10.7 Å². The minimum atomic E-state index is -1.96. The molecule has 2 saturated heterocycles. The second-order valence-electron chi connectivity index (χ2n) is 7.02. The lowest BCUT2D eigenvalue weighted by Gasteiger charge is -2.35. The fourth-order valence-corrected chi connectivity index (χ4v) is 6.01. The summed E-state index contributed by atoms with van der Waals surface area (Å²) < 4.78 is 11.2. The molecule has 7 nitrogen and oxygen atoms in total. The Hall–Kier alpha value is -1.04. The fraction of sp³-hybridized carbons (Fsp3) is 0.667. The van der Waals surface area contributed by atoms with Gasteiger partial charge in [0.25, 0.3) is 5.60 Å². The molecule has 3 aliphatic heterocycles. The van der Waals surface area contributed by atoms with E-state index < -0.39 is 28.5 Å². The smallest absolute Gasteiger partial charge is 0.375 e. The molecule has 11 heteroatoms. The first kappa shape index (κ1) is 22.6. The Morgan fingerprint density at radius 2 is 1.79 bits per heavy atom. The van der Waals surface area contributed by atoms with E-state index in [1.165, 1.54) is 0 Å². The third-order valence-electron chi connectivity index (χ3n) is 5.17. The SMILES string of the molecule is CCOC(=O)C1(C(S)C(=S)N2CCCC2)OC(=O)C(O)=C1SC(=S)N1CCCC1. The molecule has 0 bridgehead atoms. The molecule has 0 aromatic rings. The van der Waals surface area contributed by atoms with Gasteiger partial charge in [-0.2, -0.15) is 12.6 Å². The largest absolute Gasteiger partial charge is 0.501 e. The van der Waals surface area contributed by atoms with Crippen molar-refractivity contribution in [3.8, 4) is 0 Å². The molecule has 3 aliphatic rings. The summed E-state index contributed by atoms with van der Waals surface area (Å²) in [6.07, 6.45) is 3.99. The predicted molar refractivity (Wildman–Crippen MR) is 122 cm³/mol. The number of ether oxygens (including phenoxy) is 2. The highest BCUT2D eigenvalue weighted by molar-refractivity contribution is 8.25. The molecular formula is C18H24N2O5S4. The molecule has 3 rings (SSSR count). The zero-order chi connectivity index (χ0) is 21.2. The number of thiol groups is 1. The third kappa shape index (κ3) is 4.24. The standard InChI is InChI=1S/C18H24N2O5S4/c1-2-24-16(23)18(12(26)14(27)19-7-3-4-8-19)13(11(21)15(22)25-18)29-17(28)20-9-5-6-10-20/h12,21,26H,2-10H2,1H3. The molecule has 3 heterocycles. The highest BCUT2D eigenvalue weighted by Crippen LogP contribution is 2.46. The molecule has 2 atom stereocenters. The molecule has 0 aromatic carbocycles. The Labute approximate surface area is 190 Å². The lowest BCUT2D eigenvalue weighted by molar-refractivity contribution is -0.171. The molecule has 0 amide bonds. The molecule has 0 spiro atoms. The van der Waals surface area contributed by atoms with E-state index in [1.807, 2.05) is 9.80 Å². The highest BCUT2D eigenvalue weighted by Gasteiger charge is 2.62. The number of cyclic esters (lactones) is 1. The number of esters is 2. The first-order valence-corrected chi connectivity index (χ1v) is 11.8. The van der Waals surface area contributed by atoms with Crippen molar-refractivity contribution in [2.24, 2.45) is 0 Å². The zero-order valence-corrected chi connectivity index (χ0v) is 19.4. The molecule has 0 aliphatic carbocycles. The monoisotopic (exact) mass is 476 g/mol. The normalized spacial score (nSPS) is 25.4. The van der Waals surface area contributed by atoms with Crippen molar-refractivity contribution in [3.05, 3.63) is 10.7 Å². The number of aliphatic hydroxyl groups excluding tert-OH is 1. The lowest BCUT2D eigenvalue weighted by atomic mass is 9.98. The summed E-state index contributed by atoms with van der Waals surface area (Å²) >= 11 is 16.7. The maximum atomic E-state index is 13.1. The first-order chi connectivity index (χ1) is 13.8. The zero-order valence-electron chi connectivity index (χ0n) is 16.1. The predicted octanol–water partition coefficient (Wildman–Crippen LogP) is 2.45. The number of thioether (sulfide) groups is 1. The number of nitrogens with zero attached hydrogens (tertiary/aromatic N) is 2. The number of rotatable bonds is 5. The summed E-state index contributed by atoms with van der Waals surface area (Å²) in [4.78, 5) is 29.8. The molecule has 2 fully saturated rings. The van der Waals surface area contributed by atoms with Gasteiger partial charge in [0.05, 0.1) is 16.5 Å². The van der Waals surface area contributed by atoms with Crippen LogP contribution in [0.2, 0.25) is 0 Å². The van der Waals surface area contributed by atoms with Gasteiger partial charge in [0.2, 0.25) is 5.76 Å². The quantitative estimate of drug-likeness (QED) is 0.351. The number of aliphatic hydroxyl groups is 1. The number of carbonyl (C=O) groups excluding carboxylic acids is 2. The van der Waals surface area contributed by atoms with E-state index in [-0.39, 0.29) is 11.5 Å². The van der Waals surface area contributed by atoms with Gasteiger partial charge in [0.1, 0.15) is 9.57 Å². The second-order valence-corrected chi connectivity index (χ2v) is 9.60. The minimum absolute atomic E-state index is 0.000558. The van der Waals surface area contributed by atoms with Crippen molar-refractivity contribution in [3.63, 3.8) is 0 Å². The molecule has 0 radical (unpaired) electrons. The van der Waals surface area contributed by atoms with Crippen molar-refractivity contribution in [1.29, 1.82) is 0 Å². The van der Waals surface area contributed by atoms with Gasteiger partial charge in [0.15, 0.2) is 0 Å². The van der Waals surface area contributed by atoms with Crippen LogP contribution in [0.1, 0.15) is 32.6 Å². The maximum absolute atomic E-state index is 13.1. The fourth-order valence-electron chi connectivity index (χ4n) is 3.63. The average molecular weight is 477 g/mol. The van der Waals surface area contributed by atoms with Gasteiger partial charge in [-0.3, -0.25) is 0 Å². The molecular weight excluding hydrogens is 452 g/mol. The van der Waals surface area contributed by atoms with Crippen LogP contribution in [0.25, 0.3) is 0 Å². The Morgan fingerprint density at radius 1 is 1.24 bits per heavy atom. The van der Waals surface area contributed by atoms with Crippen molar-refractivity contribution in [1.82, 2.24) is 9.80 Å². The number of carbonyl (C=O) groups is 2. The van der Waals surface area contributed by atoms with Gasteiger partial charge in [-0.05, 0) is 32.6 Å². The summed E-state index contributed by atoms with van der Waals surface area (Å²) in [5.41, 5.74) is -1.96. The van der Waals surface area contributed by atoms with Gasteiger partial charge < -0.3 is 24.4 Å². The number of likely N-dealkylation sites (tertiary alicyclic amines) is 2. The molecule has 0 saturated carbocycles. The first-order valence-electron chi connectivity index (χ1n) is 9.60. The van der Waals surface area contributed by atoms with E-state index in [0.717, 1.165) is 63.6 Å². The Kier molecular flexibility index (Phi) is 7.34. The maximum Gasteiger partial charge on any atom is 0.375 e. The molecule has 160 valence electrons. The van der Waals surface area contributed by atoms with Crippen LogP contribution in [0.4, 0.5) is 0 Å². The van der Waals surface area contributed by atoms with Crippen LogP contribution in [-0.4, -0.2) is 79.8 Å². The van der Waals surface area contributed by atoms with E-state index >= 15 is 0 Å². The van der Waals surface area contributed by atoms with Gasteiger partial charge in [-0.1, -0.05) is 36.2 Å². The summed E-state index contributed by atoms with van der Waals surface area (Å²) in [6.45, 7) is 4.79. The third-order valence-corrected chi connectivity index (χ3v) is 8.09. The number of hydrogen-bond acceptors (Lipinski definition) is 9. The van der Waals surface area contributed by atoms with Crippen LogP contribution < -0.4 is 0 Å².